The van der Waals surface area contributed by atoms with Crippen LogP contribution in [0.15, 0.2) is 24.5 Å². The zero-order chi connectivity index (χ0) is 14.9. The summed E-state index contributed by atoms with van der Waals surface area (Å²) in [5.41, 5.74) is 2.79. The van der Waals surface area contributed by atoms with Gasteiger partial charge in [-0.3, -0.25) is 4.79 Å². The van der Waals surface area contributed by atoms with Gasteiger partial charge in [0.1, 0.15) is 0 Å². The highest BCUT2D eigenvalue weighted by molar-refractivity contribution is 5.97. The minimum atomic E-state index is 0.0839. The van der Waals surface area contributed by atoms with Crippen molar-refractivity contribution in [2.24, 2.45) is 0 Å². The SMILES string of the molecule is O=C(c1ccc2c(c1)ncn2C1CCCC1)N1CCOCC1. The van der Waals surface area contributed by atoms with Crippen molar-refractivity contribution in [2.75, 3.05) is 26.3 Å². The highest BCUT2D eigenvalue weighted by Crippen LogP contribution is 2.32. The summed E-state index contributed by atoms with van der Waals surface area (Å²) in [5.74, 6) is 0.0839. The van der Waals surface area contributed by atoms with E-state index in [4.69, 9.17) is 4.74 Å². The third kappa shape index (κ3) is 2.39. The number of benzene rings is 1. The first-order valence-corrected chi connectivity index (χ1v) is 8.16. The average molecular weight is 299 g/mol. The number of fused-ring (bicyclic) bond motifs is 1. The predicted molar refractivity (Wildman–Crippen MR) is 84.0 cm³/mol. The van der Waals surface area contributed by atoms with Gasteiger partial charge in [-0.15, -0.1) is 0 Å². The van der Waals surface area contributed by atoms with Crippen LogP contribution >= 0.6 is 0 Å². The van der Waals surface area contributed by atoms with E-state index in [9.17, 15) is 4.79 Å². The van der Waals surface area contributed by atoms with E-state index in [2.05, 4.69) is 9.55 Å². The van der Waals surface area contributed by atoms with E-state index in [0.717, 1.165) is 16.6 Å². The molecule has 2 aliphatic rings. The molecule has 5 heteroatoms. The second-order valence-electron chi connectivity index (χ2n) is 6.20. The number of morpholine rings is 1. The van der Waals surface area contributed by atoms with Crippen LogP contribution in [0.1, 0.15) is 42.1 Å². The highest BCUT2D eigenvalue weighted by atomic mass is 16.5. The molecule has 1 aliphatic heterocycles. The van der Waals surface area contributed by atoms with Crippen molar-refractivity contribution >= 4 is 16.9 Å². The lowest BCUT2D eigenvalue weighted by Crippen LogP contribution is -2.40. The van der Waals surface area contributed by atoms with Gasteiger partial charge in [-0.05, 0) is 31.0 Å². The van der Waals surface area contributed by atoms with E-state index in [1.807, 2.05) is 29.4 Å². The summed E-state index contributed by atoms with van der Waals surface area (Å²) in [5, 5.41) is 0. The molecular weight excluding hydrogens is 278 g/mol. The number of aromatic nitrogens is 2. The number of ether oxygens (including phenoxy) is 1. The predicted octanol–water partition coefficient (Wildman–Crippen LogP) is 2.62. The Balaban J connectivity index is 1.62. The number of amides is 1. The Morgan fingerprint density at radius 1 is 1.18 bits per heavy atom. The van der Waals surface area contributed by atoms with E-state index in [0.29, 0.717) is 32.3 Å². The Morgan fingerprint density at radius 2 is 1.95 bits per heavy atom. The van der Waals surface area contributed by atoms with Gasteiger partial charge in [-0.2, -0.15) is 0 Å². The monoisotopic (exact) mass is 299 g/mol. The van der Waals surface area contributed by atoms with E-state index >= 15 is 0 Å². The molecule has 2 aromatic rings. The zero-order valence-electron chi connectivity index (χ0n) is 12.7. The summed E-state index contributed by atoms with van der Waals surface area (Å²) >= 11 is 0. The highest BCUT2D eigenvalue weighted by Gasteiger charge is 2.21. The maximum absolute atomic E-state index is 12.5. The first kappa shape index (κ1) is 13.8. The van der Waals surface area contributed by atoms with Gasteiger partial charge in [0, 0.05) is 24.7 Å². The third-order valence-corrected chi connectivity index (χ3v) is 4.84. The molecule has 0 unspecified atom stereocenters. The number of carbonyl (C=O) groups excluding carboxylic acids is 1. The largest absolute Gasteiger partial charge is 0.378 e. The molecular formula is C17H21N3O2. The van der Waals surface area contributed by atoms with Crippen LogP contribution in [0.2, 0.25) is 0 Å². The van der Waals surface area contributed by atoms with Gasteiger partial charge in [0.25, 0.3) is 5.91 Å². The van der Waals surface area contributed by atoms with Crippen molar-refractivity contribution in [3.05, 3.63) is 30.1 Å². The van der Waals surface area contributed by atoms with Crippen LogP contribution in [0.25, 0.3) is 11.0 Å². The van der Waals surface area contributed by atoms with E-state index < -0.39 is 0 Å². The van der Waals surface area contributed by atoms with Crippen molar-refractivity contribution < 1.29 is 9.53 Å². The number of hydrogen-bond acceptors (Lipinski definition) is 3. The summed E-state index contributed by atoms with van der Waals surface area (Å²) in [6.07, 6.45) is 7.01. The van der Waals surface area contributed by atoms with Gasteiger partial charge < -0.3 is 14.2 Å². The molecule has 1 aromatic heterocycles. The maximum Gasteiger partial charge on any atom is 0.254 e. The Hall–Kier alpha value is -1.88. The minimum absolute atomic E-state index is 0.0839. The number of imidazole rings is 1. The quantitative estimate of drug-likeness (QED) is 0.856. The molecule has 116 valence electrons. The number of rotatable bonds is 2. The van der Waals surface area contributed by atoms with Crippen LogP contribution in [-0.4, -0.2) is 46.7 Å². The fourth-order valence-corrected chi connectivity index (χ4v) is 3.59. The fourth-order valence-electron chi connectivity index (χ4n) is 3.59. The van der Waals surface area contributed by atoms with Crippen LogP contribution in [0.5, 0.6) is 0 Å². The molecule has 2 fully saturated rings. The number of nitrogens with zero attached hydrogens (tertiary/aromatic N) is 3. The molecule has 1 saturated heterocycles. The van der Waals surface area contributed by atoms with Crippen molar-refractivity contribution in [3.63, 3.8) is 0 Å². The molecule has 1 aromatic carbocycles. The minimum Gasteiger partial charge on any atom is -0.378 e. The van der Waals surface area contributed by atoms with Crippen LogP contribution in [-0.2, 0) is 4.74 Å². The Morgan fingerprint density at radius 3 is 2.73 bits per heavy atom. The number of carbonyl (C=O) groups is 1. The molecule has 0 atom stereocenters. The number of hydrogen-bond donors (Lipinski definition) is 0. The van der Waals surface area contributed by atoms with Crippen LogP contribution < -0.4 is 0 Å². The molecule has 1 amide bonds. The summed E-state index contributed by atoms with van der Waals surface area (Å²) in [7, 11) is 0. The molecule has 22 heavy (non-hydrogen) atoms. The van der Waals surface area contributed by atoms with Crippen molar-refractivity contribution in [1.82, 2.24) is 14.5 Å². The first-order valence-electron chi connectivity index (χ1n) is 8.16. The smallest absolute Gasteiger partial charge is 0.254 e. The second-order valence-corrected chi connectivity index (χ2v) is 6.20. The average Bonchev–Trinajstić information content (AvgIpc) is 3.23. The summed E-state index contributed by atoms with van der Waals surface area (Å²) in [6, 6.07) is 6.49. The van der Waals surface area contributed by atoms with E-state index in [1.54, 1.807) is 0 Å². The Labute approximate surface area is 129 Å². The lowest BCUT2D eigenvalue weighted by molar-refractivity contribution is 0.0303. The Kier molecular flexibility index (Phi) is 3.58. The molecule has 4 rings (SSSR count). The van der Waals surface area contributed by atoms with Gasteiger partial charge in [-0.1, -0.05) is 12.8 Å². The van der Waals surface area contributed by atoms with E-state index in [1.165, 1.54) is 25.7 Å². The molecule has 1 aliphatic carbocycles. The summed E-state index contributed by atoms with van der Waals surface area (Å²) in [6.45, 7) is 2.61. The normalized spacial score (nSPS) is 19.9. The fraction of sp³-hybridized carbons (Fsp3) is 0.529. The molecule has 0 radical (unpaired) electrons. The van der Waals surface area contributed by atoms with Crippen LogP contribution in [0.4, 0.5) is 0 Å². The van der Waals surface area contributed by atoms with Gasteiger partial charge in [-0.25, -0.2) is 4.98 Å². The standard InChI is InChI=1S/C17H21N3O2/c21-17(19-7-9-22-10-8-19)13-5-6-16-15(11-13)18-12-20(16)14-3-1-2-4-14/h5-6,11-12,14H,1-4,7-10H2. The van der Waals surface area contributed by atoms with Crippen molar-refractivity contribution in [2.45, 2.75) is 31.7 Å². The summed E-state index contributed by atoms with van der Waals surface area (Å²) in [4.78, 5) is 18.9. The van der Waals surface area contributed by atoms with Gasteiger partial charge in [0.15, 0.2) is 0 Å². The van der Waals surface area contributed by atoms with Gasteiger partial charge in [0.05, 0.1) is 30.6 Å². The molecule has 0 N–H and O–H groups in total. The lowest BCUT2D eigenvalue weighted by atomic mass is 10.1. The Bertz CT molecular complexity index is 682. The van der Waals surface area contributed by atoms with Crippen molar-refractivity contribution in [1.29, 1.82) is 0 Å². The maximum atomic E-state index is 12.5. The third-order valence-electron chi connectivity index (χ3n) is 4.84. The van der Waals surface area contributed by atoms with Gasteiger partial charge >= 0.3 is 0 Å². The molecule has 1 saturated carbocycles. The first-order chi connectivity index (χ1) is 10.8. The lowest BCUT2D eigenvalue weighted by Gasteiger charge is -2.26. The molecule has 5 nitrogen and oxygen atoms in total. The summed E-state index contributed by atoms with van der Waals surface area (Å²) < 4.78 is 7.59. The molecule has 0 bridgehead atoms. The topological polar surface area (TPSA) is 47.4 Å². The molecule has 2 heterocycles. The van der Waals surface area contributed by atoms with Crippen LogP contribution in [0, 0.1) is 0 Å². The second kappa shape index (κ2) is 5.72. The molecule has 0 spiro atoms. The van der Waals surface area contributed by atoms with Crippen LogP contribution in [0.3, 0.4) is 0 Å². The van der Waals surface area contributed by atoms with E-state index in [-0.39, 0.29) is 5.91 Å². The van der Waals surface area contributed by atoms with Crippen molar-refractivity contribution in [3.8, 4) is 0 Å². The van der Waals surface area contributed by atoms with Gasteiger partial charge in [0.2, 0.25) is 0 Å². The zero-order valence-corrected chi connectivity index (χ0v) is 12.7.